The highest BCUT2D eigenvalue weighted by Gasteiger charge is 2.24. The number of ketones is 1. The topological polar surface area (TPSA) is 73.3 Å². The summed E-state index contributed by atoms with van der Waals surface area (Å²) in [5.41, 5.74) is 10.8. The van der Waals surface area contributed by atoms with Crippen molar-refractivity contribution in [3.8, 4) is 0 Å². The van der Waals surface area contributed by atoms with E-state index in [9.17, 15) is 4.79 Å². The maximum Gasteiger partial charge on any atom is 0.196 e. The molecule has 2 N–H and O–H groups in total. The van der Waals surface area contributed by atoms with Crippen LogP contribution in [-0.4, -0.2) is 27.8 Å². The van der Waals surface area contributed by atoms with Crippen molar-refractivity contribution in [1.29, 1.82) is 0 Å². The molecule has 1 fully saturated rings. The molecule has 31 heavy (non-hydrogen) atoms. The van der Waals surface area contributed by atoms with Crippen molar-refractivity contribution < 1.29 is 4.79 Å². The second-order valence-electron chi connectivity index (χ2n) is 8.54. The van der Waals surface area contributed by atoms with Gasteiger partial charge in [0.2, 0.25) is 0 Å². The highest BCUT2D eigenvalue weighted by molar-refractivity contribution is 6.17. The van der Waals surface area contributed by atoms with Crippen LogP contribution in [0.4, 0.5) is 0 Å². The summed E-state index contributed by atoms with van der Waals surface area (Å²) in [5, 5.41) is 4.42. The second-order valence-corrected chi connectivity index (χ2v) is 8.54. The lowest BCUT2D eigenvalue weighted by atomic mass is 9.89. The third kappa shape index (κ3) is 5.88. The van der Waals surface area contributed by atoms with E-state index >= 15 is 0 Å². The standard InChI is InChI=1S/C26H34N4O/c1-5-19(4)25(28-14-20(6-2)11-12-27)23-10-7-18(3)13-24(23)26(31)22-15-29-30(17-22)16-21-8-9-21/h6-7,10,13-15,17,19,21H,2,5,8-9,11-12,16,27H2,1,3-4H3/b20-14+,28-25+. The Hall–Kier alpha value is -2.79. The lowest BCUT2D eigenvalue weighted by molar-refractivity contribution is 0.103. The van der Waals surface area contributed by atoms with Crippen molar-refractivity contribution in [3.05, 3.63) is 77.3 Å². The van der Waals surface area contributed by atoms with E-state index in [2.05, 4.69) is 25.5 Å². The van der Waals surface area contributed by atoms with Gasteiger partial charge >= 0.3 is 0 Å². The van der Waals surface area contributed by atoms with Gasteiger partial charge in [0, 0.05) is 30.1 Å². The maximum absolute atomic E-state index is 13.5. The van der Waals surface area contributed by atoms with Crippen LogP contribution in [0.5, 0.6) is 0 Å². The third-order valence-electron chi connectivity index (χ3n) is 5.88. The van der Waals surface area contributed by atoms with Crippen molar-refractivity contribution in [2.45, 2.75) is 53.0 Å². The van der Waals surface area contributed by atoms with Crippen molar-refractivity contribution in [2.75, 3.05) is 6.54 Å². The van der Waals surface area contributed by atoms with Crippen LogP contribution in [0.15, 0.2) is 60.0 Å². The van der Waals surface area contributed by atoms with Gasteiger partial charge < -0.3 is 5.73 Å². The number of aromatic nitrogens is 2. The molecule has 1 aromatic heterocycles. The van der Waals surface area contributed by atoms with Crippen molar-refractivity contribution >= 4 is 11.5 Å². The number of hydrogen-bond donors (Lipinski definition) is 1. The van der Waals surface area contributed by atoms with E-state index in [0.717, 1.165) is 41.8 Å². The molecule has 1 saturated carbocycles. The molecule has 1 heterocycles. The van der Waals surface area contributed by atoms with E-state index in [-0.39, 0.29) is 11.7 Å². The Morgan fingerprint density at radius 2 is 2.16 bits per heavy atom. The predicted molar refractivity (Wildman–Crippen MR) is 128 cm³/mol. The van der Waals surface area contributed by atoms with Gasteiger partial charge in [-0.3, -0.25) is 14.5 Å². The smallest absolute Gasteiger partial charge is 0.196 e. The number of benzene rings is 1. The zero-order valence-corrected chi connectivity index (χ0v) is 19.0. The molecule has 0 saturated heterocycles. The summed E-state index contributed by atoms with van der Waals surface area (Å²) in [6, 6.07) is 6.02. The summed E-state index contributed by atoms with van der Waals surface area (Å²) in [6.07, 6.45) is 11.4. The number of rotatable bonds is 11. The Bertz CT molecular complexity index is 995. The van der Waals surface area contributed by atoms with Crippen LogP contribution in [0.25, 0.3) is 0 Å². The summed E-state index contributed by atoms with van der Waals surface area (Å²) >= 11 is 0. The van der Waals surface area contributed by atoms with Crippen LogP contribution in [0.1, 0.15) is 66.6 Å². The molecule has 0 aliphatic heterocycles. The average Bonchev–Trinajstić information content (AvgIpc) is 3.47. The van der Waals surface area contributed by atoms with E-state index < -0.39 is 0 Å². The van der Waals surface area contributed by atoms with Crippen molar-refractivity contribution in [3.63, 3.8) is 0 Å². The summed E-state index contributed by atoms with van der Waals surface area (Å²) in [5.74, 6) is 0.902. The Labute approximate surface area is 185 Å². The number of carbonyl (C=O) groups excluding carboxylic acids is 1. The molecule has 0 amide bonds. The second kappa shape index (κ2) is 10.5. The zero-order valence-electron chi connectivity index (χ0n) is 19.0. The molecule has 164 valence electrons. The fraction of sp³-hybridized carbons (Fsp3) is 0.423. The SMILES string of the molecule is C=C/C(=C\N=C(\c1ccc(C)cc1C(=O)c1cnn(CC2CC2)c1)C(C)CC)CCN. The van der Waals surface area contributed by atoms with Gasteiger partial charge in [-0.2, -0.15) is 5.10 Å². The first-order chi connectivity index (χ1) is 15.0. The van der Waals surface area contributed by atoms with Crippen LogP contribution >= 0.6 is 0 Å². The molecule has 1 aromatic carbocycles. The number of allylic oxidation sites excluding steroid dienone is 1. The van der Waals surface area contributed by atoms with Gasteiger partial charge in [-0.25, -0.2) is 0 Å². The van der Waals surface area contributed by atoms with E-state index in [1.54, 1.807) is 12.3 Å². The number of nitrogens with two attached hydrogens (primary N) is 1. The fourth-order valence-electron chi connectivity index (χ4n) is 3.56. The fourth-order valence-corrected chi connectivity index (χ4v) is 3.56. The van der Waals surface area contributed by atoms with Crippen LogP contribution in [-0.2, 0) is 6.54 Å². The van der Waals surface area contributed by atoms with Gasteiger partial charge in [0.05, 0.1) is 17.5 Å². The van der Waals surface area contributed by atoms with Crippen LogP contribution in [0.2, 0.25) is 0 Å². The number of nitrogens with zero attached hydrogens (tertiary/aromatic N) is 3. The minimum Gasteiger partial charge on any atom is -0.330 e. The normalized spacial score (nSPS) is 15.7. The number of aryl methyl sites for hydroxylation is 1. The Morgan fingerprint density at radius 1 is 1.39 bits per heavy atom. The number of carbonyl (C=O) groups is 1. The van der Waals surface area contributed by atoms with Crippen molar-refractivity contribution in [1.82, 2.24) is 9.78 Å². The van der Waals surface area contributed by atoms with Crippen LogP contribution < -0.4 is 5.73 Å². The van der Waals surface area contributed by atoms with Crippen molar-refractivity contribution in [2.24, 2.45) is 22.6 Å². The largest absolute Gasteiger partial charge is 0.330 e. The molecule has 1 aliphatic carbocycles. The minimum absolute atomic E-state index is 0.00775. The van der Waals surface area contributed by atoms with Gasteiger partial charge in [0.15, 0.2) is 5.78 Å². The monoisotopic (exact) mass is 418 g/mol. The summed E-state index contributed by atoms with van der Waals surface area (Å²) in [4.78, 5) is 18.3. The first-order valence-corrected chi connectivity index (χ1v) is 11.2. The van der Waals surface area contributed by atoms with E-state index in [0.29, 0.717) is 23.6 Å². The van der Waals surface area contributed by atoms with Gasteiger partial charge in [-0.1, -0.05) is 44.2 Å². The van der Waals surface area contributed by atoms with E-state index in [1.807, 2.05) is 42.2 Å². The molecular formula is C26H34N4O. The maximum atomic E-state index is 13.5. The number of hydrogen-bond acceptors (Lipinski definition) is 4. The average molecular weight is 419 g/mol. The first-order valence-electron chi connectivity index (χ1n) is 11.2. The lowest BCUT2D eigenvalue weighted by Crippen LogP contribution is -2.17. The molecule has 1 aliphatic rings. The highest BCUT2D eigenvalue weighted by atomic mass is 16.1. The van der Waals surface area contributed by atoms with Crippen LogP contribution in [0, 0.1) is 18.8 Å². The molecule has 2 aromatic rings. The lowest BCUT2D eigenvalue weighted by Gasteiger charge is -2.17. The Morgan fingerprint density at radius 3 is 2.81 bits per heavy atom. The summed E-state index contributed by atoms with van der Waals surface area (Å²) in [7, 11) is 0. The third-order valence-corrected chi connectivity index (χ3v) is 5.88. The Balaban J connectivity index is 2.01. The molecule has 0 radical (unpaired) electrons. The Kier molecular flexibility index (Phi) is 7.75. The first kappa shape index (κ1) is 22.9. The predicted octanol–water partition coefficient (Wildman–Crippen LogP) is 5.09. The molecule has 5 nitrogen and oxygen atoms in total. The summed E-state index contributed by atoms with van der Waals surface area (Å²) < 4.78 is 1.90. The van der Waals surface area contributed by atoms with Gasteiger partial charge in [-0.15, -0.1) is 0 Å². The molecule has 0 bridgehead atoms. The van der Waals surface area contributed by atoms with Gasteiger partial charge in [0.25, 0.3) is 0 Å². The van der Waals surface area contributed by atoms with E-state index in [1.165, 1.54) is 12.8 Å². The van der Waals surface area contributed by atoms with Crippen LogP contribution in [0.3, 0.4) is 0 Å². The minimum atomic E-state index is -0.00775. The zero-order chi connectivity index (χ0) is 22.4. The summed E-state index contributed by atoms with van der Waals surface area (Å²) in [6.45, 7) is 11.6. The van der Waals surface area contributed by atoms with Gasteiger partial charge in [-0.05, 0) is 62.6 Å². The van der Waals surface area contributed by atoms with E-state index in [4.69, 9.17) is 10.7 Å². The highest BCUT2D eigenvalue weighted by Crippen LogP contribution is 2.30. The molecule has 5 heteroatoms. The number of aliphatic imine (C=N–C) groups is 1. The molecule has 3 rings (SSSR count). The molecular weight excluding hydrogens is 384 g/mol. The quantitative estimate of drug-likeness (QED) is 0.314. The molecule has 1 atom stereocenters. The van der Waals surface area contributed by atoms with Gasteiger partial charge in [0.1, 0.15) is 0 Å². The molecule has 1 unspecified atom stereocenters. The molecule has 0 spiro atoms.